The van der Waals surface area contributed by atoms with Crippen molar-refractivity contribution in [3.8, 4) is 5.75 Å². The summed E-state index contributed by atoms with van der Waals surface area (Å²) in [6, 6.07) is 15.7. The topological polar surface area (TPSA) is 30.5 Å². The van der Waals surface area contributed by atoms with Crippen molar-refractivity contribution in [1.29, 1.82) is 0 Å². The summed E-state index contributed by atoms with van der Waals surface area (Å²) in [4.78, 5) is 0. The fourth-order valence-corrected chi connectivity index (χ4v) is 4.13. The summed E-state index contributed by atoms with van der Waals surface area (Å²) in [5, 5.41) is 3.79. The molecule has 2 aromatic rings. The molecule has 0 saturated heterocycles. The molecule has 2 aliphatic rings. The lowest BCUT2D eigenvalue weighted by Gasteiger charge is -2.37. The Bertz CT molecular complexity index is 781. The molecule has 0 bridgehead atoms. The highest BCUT2D eigenvalue weighted by molar-refractivity contribution is 5.61. The van der Waals surface area contributed by atoms with Crippen LogP contribution in [-0.2, 0) is 4.74 Å². The molecule has 3 atom stereocenters. The van der Waals surface area contributed by atoms with E-state index in [0.717, 1.165) is 18.8 Å². The number of allylic oxidation sites excluding steroid dienone is 2. The van der Waals surface area contributed by atoms with Crippen LogP contribution in [0.4, 0.5) is 5.69 Å². The zero-order valence-corrected chi connectivity index (χ0v) is 15.6. The molecule has 0 fully saturated rings. The third-order valence-corrected chi connectivity index (χ3v) is 5.47. The van der Waals surface area contributed by atoms with E-state index in [0.29, 0.717) is 31.1 Å². The summed E-state index contributed by atoms with van der Waals surface area (Å²) in [5.41, 5.74) is 5.25. The van der Waals surface area contributed by atoms with Crippen molar-refractivity contribution < 1.29 is 9.47 Å². The Kier molecular flexibility index (Phi) is 4.98. The number of anilines is 1. The lowest BCUT2D eigenvalue weighted by atomic mass is 9.77. The van der Waals surface area contributed by atoms with Gasteiger partial charge in [-0.15, -0.1) is 0 Å². The molecule has 0 radical (unpaired) electrons. The zero-order chi connectivity index (χ0) is 17.9. The van der Waals surface area contributed by atoms with E-state index in [-0.39, 0.29) is 0 Å². The van der Waals surface area contributed by atoms with Gasteiger partial charge in [-0.25, -0.2) is 0 Å². The van der Waals surface area contributed by atoms with Crippen molar-refractivity contribution in [2.75, 3.05) is 25.1 Å². The summed E-state index contributed by atoms with van der Waals surface area (Å²) in [5.74, 6) is 1.94. The molecule has 0 spiro atoms. The molecular formula is C23H27NO2. The van der Waals surface area contributed by atoms with Crippen LogP contribution in [0.2, 0.25) is 0 Å². The van der Waals surface area contributed by atoms with E-state index in [1.807, 2.05) is 6.92 Å². The van der Waals surface area contributed by atoms with Crippen molar-refractivity contribution in [3.05, 3.63) is 71.3 Å². The Morgan fingerprint density at radius 2 is 1.92 bits per heavy atom. The van der Waals surface area contributed by atoms with Crippen LogP contribution in [0.25, 0.3) is 0 Å². The molecule has 3 nitrogen and oxygen atoms in total. The van der Waals surface area contributed by atoms with Gasteiger partial charge in [0.25, 0.3) is 0 Å². The number of rotatable bonds is 6. The molecule has 26 heavy (non-hydrogen) atoms. The van der Waals surface area contributed by atoms with Gasteiger partial charge in [-0.05, 0) is 55.5 Å². The molecule has 1 aliphatic heterocycles. The predicted molar refractivity (Wildman–Crippen MR) is 106 cm³/mol. The van der Waals surface area contributed by atoms with Crippen LogP contribution in [0.5, 0.6) is 5.75 Å². The van der Waals surface area contributed by atoms with Gasteiger partial charge in [0, 0.05) is 18.2 Å². The summed E-state index contributed by atoms with van der Waals surface area (Å²) in [6.45, 7) is 6.09. The van der Waals surface area contributed by atoms with Gasteiger partial charge in [-0.2, -0.15) is 0 Å². The maximum Gasteiger partial charge on any atom is 0.119 e. The monoisotopic (exact) mass is 349 g/mol. The molecule has 2 aromatic carbocycles. The number of hydrogen-bond donors (Lipinski definition) is 1. The van der Waals surface area contributed by atoms with Gasteiger partial charge < -0.3 is 14.8 Å². The Morgan fingerprint density at radius 1 is 1.08 bits per heavy atom. The highest BCUT2D eigenvalue weighted by Crippen LogP contribution is 2.50. The average molecular weight is 349 g/mol. The second-order valence-corrected chi connectivity index (χ2v) is 7.18. The number of aryl methyl sites for hydroxylation is 1. The molecule has 0 saturated carbocycles. The summed E-state index contributed by atoms with van der Waals surface area (Å²) in [6.07, 6.45) is 5.82. The molecule has 1 heterocycles. The normalized spacial score (nSPS) is 23.2. The number of fused-ring (bicyclic) bond motifs is 3. The predicted octanol–water partition coefficient (Wildman–Crippen LogP) is 5.24. The smallest absolute Gasteiger partial charge is 0.119 e. The summed E-state index contributed by atoms with van der Waals surface area (Å²) < 4.78 is 11.2. The van der Waals surface area contributed by atoms with E-state index < -0.39 is 0 Å². The van der Waals surface area contributed by atoms with Crippen LogP contribution in [0.3, 0.4) is 0 Å². The van der Waals surface area contributed by atoms with Gasteiger partial charge in [0.2, 0.25) is 0 Å². The maximum absolute atomic E-state index is 5.87. The van der Waals surface area contributed by atoms with Gasteiger partial charge in [0.15, 0.2) is 0 Å². The molecule has 1 aliphatic carbocycles. The highest BCUT2D eigenvalue weighted by Gasteiger charge is 2.37. The van der Waals surface area contributed by atoms with Crippen molar-refractivity contribution >= 4 is 5.69 Å². The Balaban J connectivity index is 1.57. The lowest BCUT2D eigenvalue weighted by molar-refractivity contribution is 0.110. The Morgan fingerprint density at radius 3 is 2.73 bits per heavy atom. The first kappa shape index (κ1) is 17.2. The first-order chi connectivity index (χ1) is 12.8. The molecule has 3 unspecified atom stereocenters. The molecule has 136 valence electrons. The summed E-state index contributed by atoms with van der Waals surface area (Å²) in [7, 11) is 0. The van der Waals surface area contributed by atoms with Crippen LogP contribution >= 0.6 is 0 Å². The van der Waals surface area contributed by atoms with Crippen molar-refractivity contribution in [3.63, 3.8) is 0 Å². The average Bonchev–Trinajstić information content (AvgIpc) is 3.15. The van der Waals surface area contributed by atoms with Crippen molar-refractivity contribution in [1.82, 2.24) is 0 Å². The molecule has 1 N–H and O–H groups in total. The molecule has 0 amide bonds. The number of ether oxygens (including phenoxy) is 2. The Labute approximate surface area is 156 Å². The number of benzene rings is 2. The van der Waals surface area contributed by atoms with Crippen molar-refractivity contribution in [2.45, 2.75) is 32.2 Å². The Hall–Kier alpha value is -2.26. The molecule has 0 aromatic heterocycles. The molecule has 4 rings (SSSR count). The van der Waals surface area contributed by atoms with Gasteiger partial charge in [-0.1, -0.05) is 42.0 Å². The molecule has 3 heteroatoms. The first-order valence-corrected chi connectivity index (χ1v) is 9.60. The minimum absolute atomic E-state index is 0.354. The van der Waals surface area contributed by atoms with Crippen LogP contribution in [0, 0.1) is 12.8 Å². The van der Waals surface area contributed by atoms with Crippen LogP contribution in [-0.4, -0.2) is 19.8 Å². The van der Waals surface area contributed by atoms with Crippen LogP contribution < -0.4 is 10.1 Å². The number of nitrogens with one attached hydrogen (secondary N) is 1. The fourth-order valence-electron chi connectivity index (χ4n) is 4.13. The van der Waals surface area contributed by atoms with Gasteiger partial charge >= 0.3 is 0 Å². The van der Waals surface area contributed by atoms with Gasteiger partial charge in [0.1, 0.15) is 12.4 Å². The first-order valence-electron chi connectivity index (χ1n) is 9.60. The van der Waals surface area contributed by atoms with Crippen molar-refractivity contribution in [2.24, 2.45) is 5.92 Å². The second-order valence-electron chi connectivity index (χ2n) is 7.18. The standard InChI is InChI=1S/C23H27NO2/c1-3-25-13-14-26-18-11-12-22-21(15-18)19-5-4-6-20(19)23(24-22)17-9-7-16(2)8-10-17/h4-5,7-12,15,19-20,23-24H,3,6,13-14H2,1-2H3. The van der Waals surface area contributed by atoms with Crippen LogP contribution in [0.15, 0.2) is 54.6 Å². The van der Waals surface area contributed by atoms with E-state index in [2.05, 4.69) is 66.9 Å². The van der Waals surface area contributed by atoms with E-state index in [4.69, 9.17) is 9.47 Å². The summed E-state index contributed by atoms with van der Waals surface area (Å²) >= 11 is 0. The van der Waals surface area contributed by atoms with E-state index in [9.17, 15) is 0 Å². The van der Waals surface area contributed by atoms with E-state index in [1.54, 1.807) is 0 Å². The minimum Gasteiger partial charge on any atom is -0.491 e. The third kappa shape index (κ3) is 3.36. The van der Waals surface area contributed by atoms with Gasteiger partial charge in [-0.3, -0.25) is 0 Å². The molecular weight excluding hydrogens is 322 g/mol. The fraction of sp³-hybridized carbons (Fsp3) is 0.391. The minimum atomic E-state index is 0.354. The number of hydrogen-bond acceptors (Lipinski definition) is 3. The highest BCUT2D eigenvalue weighted by atomic mass is 16.5. The quantitative estimate of drug-likeness (QED) is 0.572. The lowest BCUT2D eigenvalue weighted by Crippen LogP contribution is -2.29. The zero-order valence-electron chi connectivity index (χ0n) is 15.6. The van der Waals surface area contributed by atoms with Crippen LogP contribution in [0.1, 0.15) is 42.0 Å². The SMILES string of the molecule is CCOCCOc1ccc2c(c1)C1C=CCC1C(c1ccc(C)cc1)N2. The second kappa shape index (κ2) is 7.55. The maximum atomic E-state index is 5.87. The largest absolute Gasteiger partial charge is 0.491 e. The van der Waals surface area contributed by atoms with E-state index in [1.165, 1.54) is 22.4 Å². The van der Waals surface area contributed by atoms with E-state index >= 15 is 0 Å². The van der Waals surface area contributed by atoms with Gasteiger partial charge in [0.05, 0.1) is 12.6 Å². The third-order valence-electron chi connectivity index (χ3n) is 5.47.